The maximum absolute atomic E-state index is 13.6. The van der Waals surface area contributed by atoms with Gasteiger partial charge in [-0.15, -0.1) is 0 Å². The molecule has 1 heterocycles. The van der Waals surface area contributed by atoms with Gasteiger partial charge in [0.2, 0.25) is 0 Å². The van der Waals surface area contributed by atoms with Gasteiger partial charge < -0.3 is 5.32 Å². The third kappa shape index (κ3) is 2.55. The average Bonchev–Trinajstić information content (AvgIpc) is 2.44. The Labute approximate surface area is 98.6 Å². The van der Waals surface area contributed by atoms with Gasteiger partial charge in [-0.3, -0.25) is 0 Å². The Hall–Kier alpha value is -0.610. The Morgan fingerprint density at radius 2 is 2.00 bits per heavy atom. The van der Waals surface area contributed by atoms with Crippen LogP contribution in [0.2, 0.25) is 0 Å². The molecule has 16 heavy (non-hydrogen) atoms. The van der Waals surface area contributed by atoms with Crippen molar-refractivity contribution in [2.45, 2.75) is 24.6 Å². The van der Waals surface area contributed by atoms with E-state index in [0.29, 0.717) is 5.25 Å². The molecule has 0 aromatic heterocycles. The van der Waals surface area contributed by atoms with E-state index in [4.69, 9.17) is 0 Å². The molecule has 1 aromatic carbocycles. The Morgan fingerprint density at radius 1 is 1.31 bits per heavy atom. The monoisotopic (exact) mass is 243 g/mol. The van der Waals surface area contributed by atoms with E-state index >= 15 is 0 Å². The molecule has 2 rings (SSSR count). The van der Waals surface area contributed by atoms with Gasteiger partial charge in [0, 0.05) is 22.6 Å². The Morgan fingerprint density at radius 3 is 2.69 bits per heavy atom. The first-order valence-electron chi connectivity index (χ1n) is 5.47. The van der Waals surface area contributed by atoms with E-state index in [0.717, 1.165) is 18.7 Å². The molecule has 0 bridgehead atoms. The van der Waals surface area contributed by atoms with E-state index in [1.165, 1.54) is 18.2 Å². The third-order valence-corrected chi connectivity index (χ3v) is 4.17. The number of thioether (sulfide) groups is 1. The zero-order valence-corrected chi connectivity index (χ0v) is 9.99. The van der Waals surface area contributed by atoms with E-state index < -0.39 is 11.6 Å². The van der Waals surface area contributed by atoms with Crippen molar-refractivity contribution in [1.29, 1.82) is 0 Å². The lowest BCUT2D eigenvalue weighted by Crippen LogP contribution is -2.24. The molecular weight excluding hydrogens is 228 g/mol. The van der Waals surface area contributed by atoms with Crippen LogP contribution in [0.3, 0.4) is 0 Å². The SMILES string of the molecule is CC1CCNC(c2c(F)cccc2F)CS1. The summed E-state index contributed by atoms with van der Waals surface area (Å²) in [6.45, 7) is 2.96. The first-order chi connectivity index (χ1) is 7.68. The summed E-state index contributed by atoms with van der Waals surface area (Å²) in [4.78, 5) is 0. The molecule has 0 spiro atoms. The van der Waals surface area contributed by atoms with Crippen LogP contribution in [-0.2, 0) is 0 Å². The van der Waals surface area contributed by atoms with Gasteiger partial charge in [0.1, 0.15) is 11.6 Å². The van der Waals surface area contributed by atoms with Crippen LogP contribution in [0.15, 0.2) is 18.2 Å². The normalized spacial score (nSPS) is 26.4. The quantitative estimate of drug-likeness (QED) is 0.813. The molecule has 4 heteroatoms. The summed E-state index contributed by atoms with van der Waals surface area (Å²) in [5.74, 6) is -0.181. The molecule has 0 aliphatic carbocycles. The van der Waals surface area contributed by atoms with Crippen molar-refractivity contribution in [2.75, 3.05) is 12.3 Å². The van der Waals surface area contributed by atoms with Crippen LogP contribution in [0.25, 0.3) is 0 Å². The summed E-state index contributed by atoms with van der Waals surface area (Å²) in [5, 5.41) is 3.76. The fourth-order valence-corrected chi connectivity index (χ4v) is 2.98. The topological polar surface area (TPSA) is 12.0 Å². The van der Waals surface area contributed by atoms with Gasteiger partial charge in [-0.25, -0.2) is 8.78 Å². The molecule has 1 aliphatic rings. The Bertz CT molecular complexity index is 350. The number of benzene rings is 1. The van der Waals surface area contributed by atoms with Crippen molar-refractivity contribution >= 4 is 11.8 Å². The molecule has 0 radical (unpaired) electrons. The smallest absolute Gasteiger partial charge is 0.130 e. The molecule has 1 fully saturated rings. The minimum Gasteiger partial charge on any atom is -0.309 e. The molecule has 0 amide bonds. The van der Waals surface area contributed by atoms with Gasteiger partial charge in [0.15, 0.2) is 0 Å². The lowest BCUT2D eigenvalue weighted by Gasteiger charge is -2.17. The predicted molar refractivity (Wildman–Crippen MR) is 63.6 cm³/mol. The predicted octanol–water partition coefficient (Wildman–Crippen LogP) is 3.12. The van der Waals surface area contributed by atoms with Gasteiger partial charge >= 0.3 is 0 Å². The van der Waals surface area contributed by atoms with Crippen molar-refractivity contribution in [3.8, 4) is 0 Å². The molecule has 2 atom stereocenters. The molecule has 88 valence electrons. The largest absolute Gasteiger partial charge is 0.309 e. The summed E-state index contributed by atoms with van der Waals surface area (Å²) < 4.78 is 27.2. The number of hydrogen-bond donors (Lipinski definition) is 1. The Balaban J connectivity index is 2.23. The molecular formula is C12H15F2NS. The molecule has 1 nitrogen and oxygen atoms in total. The van der Waals surface area contributed by atoms with Crippen molar-refractivity contribution in [2.24, 2.45) is 0 Å². The standard InChI is InChI=1S/C12H15F2NS/c1-8-5-6-15-11(7-16-8)12-9(13)3-2-4-10(12)14/h2-4,8,11,15H,5-7H2,1H3. The van der Waals surface area contributed by atoms with Crippen LogP contribution in [0.5, 0.6) is 0 Å². The summed E-state index contributed by atoms with van der Waals surface area (Å²) in [5.41, 5.74) is 0.184. The third-order valence-electron chi connectivity index (χ3n) is 2.84. The van der Waals surface area contributed by atoms with E-state index in [1.807, 2.05) is 0 Å². The second-order valence-corrected chi connectivity index (χ2v) is 5.55. The van der Waals surface area contributed by atoms with Crippen LogP contribution < -0.4 is 5.32 Å². The summed E-state index contributed by atoms with van der Waals surface area (Å²) in [7, 11) is 0. The molecule has 1 saturated heterocycles. The van der Waals surface area contributed by atoms with Crippen molar-refractivity contribution in [1.82, 2.24) is 5.32 Å². The maximum atomic E-state index is 13.6. The molecule has 1 aromatic rings. The fourth-order valence-electron chi connectivity index (χ4n) is 1.89. The average molecular weight is 243 g/mol. The van der Waals surface area contributed by atoms with Crippen molar-refractivity contribution in [3.05, 3.63) is 35.4 Å². The minimum absolute atomic E-state index is 0.184. The van der Waals surface area contributed by atoms with Gasteiger partial charge in [-0.2, -0.15) is 11.8 Å². The molecule has 2 unspecified atom stereocenters. The zero-order valence-electron chi connectivity index (χ0n) is 9.17. The highest BCUT2D eigenvalue weighted by Gasteiger charge is 2.22. The second-order valence-electron chi connectivity index (χ2n) is 4.07. The van der Waals surface area contributed by atoms with Crippen LogP contribution in [-0.4, -0.2) is 17.5 Å². The zero-order chi connectivity index (χ0) is 11.5. The van der Waals surface area contributed by atoms with Crippen molar-refractivity contribution in [3.63, 3.8) is 0 Å². The van der Waals surface area contributed by atoms with E-state index in [-0.39, 0.29) is 11.6 Å². The maximum Gasteiger partial charge on any atom is 0.130 e. The number of halogens is 2. The van der Waals surface area contributed by atoms with Crippen LogP contribution in [0.4, 0.5) is 8.78 Å². The molecule has 1 N–H and O–H groups in total. The van der Waals surface area contributed by atoms with Crippen LogP contribution in [0.1, 0.15) is 24.9 Å². The lowest BCUT2D eigenvalue weighted by atomic mass is 10.1. The molecule has 0 saturated carbocycles. The number of hydrogen-bond acceptors (Lipinski definition) is 2. The van der Waals surface area contributed by atoms with Crippen molar-refractivity contribution < 1.29 is 8.78 Å². The summed E-state index contributed by atoms with van der Waals surface area (Å²) in [6, 6.07) is 3.83. The lowest BCUT2D eigenvalue weighted by molar-refractivity contribution is 0.494. The fraction of sp³-hybridized carbons (Fsp3) is 0.500. The highest BCUT2D eigenvalue weighted by atomic mass is 32.2. The first kappa shape index (κ1) is 11.9. The van der Waals surface area contributed by atoms with E-state index in [1.54, 1.807) is 11.8 Å². The van der Waals surface area contributed by atoms with E-state index in [9.17, 15) is 8.78 Å². The van der Waals surface area contributed by atoms with Gasteiger partial charge in [-0.1, -0.05) is 13.0 Å². The summed E-state index contributed by atoms with van der Waals surface area (Å²) >= 11 is 1.76. The highest BCUT2D eigenvalue weighted by molar-refractivity contribution is 7.99. The van der Waals surface area contributed by atoms with E-state index in [2.05, 4.69) is 12.2 Å². The number of nitrogens with one attached hydrogen (secondary N) is 1. The van der Waals surface area contributed by atoms with Crippen LogP contribution >= 0.6 is 11.8 Å². The molecule has 1 aliphatic heterocycles. The number of rotatable bonds is 1. The van der Waals surface area contributed by atoms with Gasteiger partial charge in [0.25, 0.3) is 0 Å². The highest BCUT2D eigenvalue weighted by Crippen LogP contribution is 2.28. The Kier molecular flexibility index (Phi) is 3.82. The van der Waals surface area contributed by atoms with Gasteiger partial charge in [-0.05, 0) is 25.1 Å². The van der Waals surface area contributed by atoms with Crippen LogP contribution in [0, 0.1) is 11.6 Å². The van der Waals surface area contributed by atoms with Gasteiger partial charge in [0.05, 0.1) is 0 Å². The second kappa shape index (κ2) is 5.15. The summed E-state index contributed by atoms with van der Waals surface area (Å²) in [6.07, 6.45) is 1.04. The first-order valence-corrected chi connectivity index (χ1v) is 6.52. The minimum atomic E-state index is -0.451.